The maximum absolute atomic E-state index is 12.8. The molecule has 2 fully saturated rings. The summed E-state index contributed by atoms with van der Waals surface area (Å²) in [6.07, 6.45) is 4.27. The van der Waals surface area contributed by atoms with Crippen LogP contribution in [0.15, 0.2) is 0 Å². The maximum Gasteiger partial charge on any atom is 0.227 e. The Bertz CT molecular complexity index is 681. The molecule has 0 atom stereocenters. The summed E-state index contributed by atoms with van der Waals surface area (Å²) >= 11 is 0. The number of rotatable bonds is 5. The van der Waals surface area contributed by atoms with Crippen LogP contribution < -0.4 is 0 Å². The van der Waals surface area contributed by atoms with Crippen LogP contribution in [0.25, 0.3) is 0 Å². The van der Waals surface area contributed by atoms with Crippen LogP contribution in [0.3, 0.4) is 0 Å². The molecule has 0 N–H and O–H groups in total. The Hall–Kier alpha value is -1.85. The van der Waals surface area contributed by atoms with Gasteiger partial charge in [0, 0.05) is 49.9 Å². The molecule has 1 aromatic heterocycles. The van der Waals surface area contributed by atoms with Gasteiger partial charge in [-0.1, -0.05) is 13.8 Å². The standard InChI is InChI=1S/C21H34N4O2/c1-15(2)14-25-17(4)19(16(3)22-25)13-20(26)23-11-7-18(8-12-23)21(27)24-9-5-6-10-24/h15,18H,5-14H2,1-4H3. The average Bonchev–Trinajstić information content (AvgIpc) is 3.26. The Morgan fingerprint density at radius 1 is 1.04 bits per heavy atom. The Balaban J connectivity index is 1.55. The molecule has 6 nitrogen and oxygen atoms in total. The molecule has 2 saturated heterocycles. The first-order valence-corrected chi connectivity index (χ1v) is 10.5. The number of aromatic nitrogens is 2. The van der Waals surface area contributed by atoms with Crippen LogP contribution in [0.5, 0.6) is 0 Å². The van der Waals surface area contributed by atoms with E-state index in [9.17, 15) is 9.59 Å². The van der Waals surface area contributed by atoms with Crippen molar-refractivity contribution < 1.29 is 9.59 Å². The maximum atomic E-state index is 12.8. The van der Waals surface area contributed by atoms with Gasteiger partial charge >= 0.3 is 0 Å². The van der Waals surface area contributed by atoms with E-state index < -0.39 is 0 Å². The molecule has 0 saturated carbocycles. The highest BCUT2D eigenvalue weighted by atomic mass is 16.2. The monoisotopic (exact) mass is 374 g/mol. The number of piperidine rings is 1. The molecule has 27 heavy (non-hydrogen) atoms. The highest BCUT2D eigenvalue weighted by Crippen LogP contribution is 2.23. The van der Waals surface area contributed by atoms with Crippen molar-refractivity contribution in [2.45, 2.75) is 66.3 Å². The van der Waals surface area contributed by atoms with Crippen molar-refractivity contribution in [3.8, 4) is 0 Å². The fraction of sp³-hybridized carbons (Fsp3) is 0.762. The number of carbonyl (C=O) groups excluding carboxylic acids is 2. The summed E-state index contributed by atoms with van der Waals surface area (Å²) in [7, 11) is 0. The molecule has 0 aliphatic carbocycles. The minimum atomic E-state index is 0.101. The van der Waals surface area contributed by atoms with Crippen molar-refractivity contribution in [2.24, 2.45) is 11.8 Å². The van der Waals surface area contributed by atoms with Crippen LogP contribution in [-0.2, 0) is 22.6 Å². The summed E-state index contributed by atoms with van der Waals surface area (Å²) in [6.45, 7) is 12.5. The molecule has 0 aromatic carbocycles. The first kappa shape index (κ1) is 19.9. The lowest BCUT2D eigenvalue weighted by atomic mass is 9.95. The van der Waals surface area contributed by atoms with Crippen LogP contribution in [-0.4, -0.2) is 57.6 Å². The zero-order valence-electron chi connectivity index (χ0n) is 17.3. The summed E-state index contributed by atoms with van der Waals surface area (Å²) in [6, 6.07) is 0. The second-order valence-electron chi connectivity index (χ2n) is 8.59. The summed E-state index contributed by atoms with van der Waals surface area (Å²) in [5, 5.41) is 4.62. The normalized spacial score (nSPS) is 18.6. The fourth-order valence-electron chi connectivity index (χ4n) is 4.35. The first-order valence-electron chi connectivity index (χ1n) is 10.5. The number of aryl methyl sites for hydroxylation is 1. The Labute approximate surface area is 162 Å². The predicted octanol–water partition coefficient (Wildman–Crippen LogP) is 2.56. The van der Waals surface area contributed by atoms with Crippen molar-refractivity contribution in [1.82, 2.24) is 19.6 Å². The van der Waals surface area contributed by atoms with Gasteiger partial charge in [-0.25, -0.2) is 0 Å². The quantitative estimate of drug-likeness (QED) is 0.796. The van der Waals surface area contributed by atoms with Gasteiger partial charge in [0.2, 0.25) is 11.8 Å². The van der Waals surface area contributed by atoms with E-state index in [-0.39, 0.29) is 11.8 Å². The van der Waals surface area contributed by atoms with Gasteiger partial charge in [-0.05, 0) is 45.4 Å². The molecule has 2 aliphatic heterocycles. The third-order valence-corrected chi connectivity index (χ3v) is 6.01. The van der Waals surface area contributed by atoms with Gasteiger partial charge in [-0.15, -0.1) is 0 Å². The van der Waals surface area contributed by atoms with E-state index in [1.54, 1.807) is 0 Å². The van der Waals surface area contributed by atoms with E-state index in [1.807, 2.05) is 21.4 Å². The number of carbonyl (C=O) groups is 2. The lowest BCUT2D eigenvalue weighted by molar-refractivity contribution is -0.139. The molecular formula is C21H34N4O2. The van der Waals surface area contributed by atoms with Crippen molar-refractivity contribution >= 4 is 11.8 Å². The molecule has 6 heteroatoms. The summed E-state index contributed by atoms with van der Waals surface area (Å²) in [4.78, 5) is 29.3. The zero-order valence-corrected chi connectivity index (χ0v) is 17.3. The van der Waals surface area contributed by atoms with Crippen molar-refractivity contribution in [3.63, 3.8) is 0 Å². The molecule has 0 bridgehead atoms. The van der Waals surface area contributed by atoms with Crippen LogP contribution >= 0.6 is 0 Å². The smallest absolute Gasteiger partial charge is 0.227 e. The van der Waals surface area contributed by atoms with Crippen molar-refractivity contribution in [1.29, 1.82) is 0 Å². The summed E-state index contributed by atoms with van der Waals surface area (Å²) < 4.78 is 2.03. The van der Waals surface area contributed by atoms with E-state index in [1.165, 1.54) is 0 Å². The lowest BCUT2D eigenvalue weighted by Gasteiger charge is -2.33. The molecule has 2 amide bonds. The number of likely N-dealkylation sites (tertiary alicyclic amines) is 2. The van der Waals surface area contributed by atoms with Gasteiger partial charge in [0.15, 0.2) is 0 Å². The molecule has 0 unspecified atom stereocenters. The van der Waals surface area contributed by atoms with E-state index in [4.69, 9.17) is 0 Å². The minimum Gasteiger partial charge on any atom is -0.342 e. The number of hydrogen-bond acceptors (Lipinski definition) is 3. The molecular weight excluding hydrogens is 340 g/mol. The largest absolute Gasteiger partial charge is 0.342 e. The van der Waals surface area contributed by atoms with E-state index >= 15 is 0 Å². The Kier molecular flexibility index (Phi) is 6.22. The number of nitrogens with zero attached hydrogens (tertiary/aromatic N) is 4. The summed E-state index contributed by atoms with van der Waals surface area (Å²) in [5.41, 5.74) is 3.13. The van der Waals surface area contributed by atoms with Gasteiger partial charge < -0.3 is 9.80 Å². The van der Waals surface area contributed by atoms with Gasteiger partial charge in [0.1, 0.15) is 0 Å². The van der Waals surface area contributed by atoms with Gasteiger partial charge in [0.25, 0.3) is 0 Å². The SMILES string of the molecule is Cc1nn(CC(C)C)c(C)c1CC(=O)N1CCC(C(=O)N2CCCC2)CC1. The van der Waals surface area contributed by atoms with E-state index in [0.29, 0.717) is 31.3 Å². The predicted molar refractivity (Wildman–Crippen MR) is 105 cm³/mol. The van der Waals surface area contributed by atoms with Crippen LogP contribution in [0.4, 0.5) is 0 Å². The van der Waals surface area contributed by atoms with E-state index in [0.717, 1.165) is 62.3 Å². The Morgan fingerprint density at radius 2 is 1.67 bits per heavy atom. The minimum absolute atomic E-state index is 0.101. The second kappa shape index (κ2) is 8.44. The average molecular weight is 375 g/mol. The van der Waals surface area contributed by atoms with Crippen LogP contribution in [0.2, 0.25) is 0 Å². The molecule has 1 aromatic rings. The highest BCUT2D eigenvalue weighted by molar-refractivity contribution is 5.81. The number of amides is 2. The van der Waals surface area contributed by atoms with E-state index in [2.05, 4.69) is 25.9 Å². The molecule has 2 aliphatic rings. The van der Waals surface area contributed by atoms with Crippen molar-refractivity contribution in [2.75, 3.05) is 26.2 Å². The van der Waals surface area contributed by atoms with Gasteiger partial charge in [-0.2, -0.15) is 5.10 Å². The van der Waals surface area contributed by atoms with Crippen LogP contribution in [0, 0.1) is 25.7 Å². The number of hydrogen-bond donors (Lipinski definition) is 0. The Morgan fingerprint density at radius 3 is 2.26 bits per heavy atom. The van der Waals surface area contributed by atoms with Gasteiger partial charge in [0.05, 0.1) is 12.1 Å². The zero-order chi connectivity index (χ0) is 19.6. The topological polar surface area (TPSA) is 58.4 Å². The van der Waals surface area contributed by atoms with Crippen molar-refractivity contribution in [3.05, 3.63) is 17.0 Å². The molecule has 150 valence electrons. The third kappa shape index (κ3) is 4.53. The molecule has 0 radical (unpaired) electrons. The summed E-state index contributed by atoms with van der Waals surface area (Å²) in [5.74, 6) is 1.10. The first-order chi connectivity index (χ1) is 12.9. The second-order valence-corrected chi connectivity index (χ2v) is 8.59. The molecule has 0 spiro atoms. The third-order valence-electron chi connectivity index (χ3n) is 6.01. The van der Waals surface area contributed by atoms with Crippen LogP contribution in [0.1, 0.15) is 56.5 Å². The lowest BCUT2D eigenvalue weighted by Crippen LogP contribution is -2.44. The fourth-order valence-corrected chi connectivity index (χ4v) is 4.35. The van der Waals surface area contributed by atoms with Gasteiger partial charge in [-0.3, -0.25) is 14.3 Å². The molecule has 3 heterocycles. The highest BCUT2D eigenvalue weighted by Gasteiger charge is 2.31. The molecule has 3 rings (SSSR count).